The van der Waals surface area contributed by atoms with Crippen LogP contribution in [0.25, 0.3) is 0 Å². The molecule has 1 spiro atoms. The van der Waals surface area contributed by atoms with E-state index in [-0.39, 0.29) is 29.9 Å². The monoisotopic (exact) mass is 396 g/mol. The largest absolute Gasteiger partial charge is 0.343 e. The molecule has 1 aromatic rings. The second-order valence-electron chi connectivity index (χ2n) is 9.13. The molecule has 3 fully saturated rings. The molecule has 5 nitrogen and oxygen atoms in total. The first-order valence-electron chi connectivity index (χ1n) is 11.2. The van der Waals surface area contributed by atoms with Crippen LogP contribution in [0.3, 0.4) is 0 Å². The second kappa shape index (κ2) is 8.68. The number of carbonyl (C=O) groups is 3. The molecule has 156 valence electrons. The summed E-state index contributed by atoms with van der Waals surface area (Å²) in [5, 5.41) is 0. The standard InChI is InChI=1S/C24H32N2O3/c27-21(19-6-2-1-3-7-19)10-11-22(28)25-16-14-24(15-17-25)13-12-23(29)26(18-24)20-8-4-5-9-20/h1-3,6-7,20H,4-5,8-18H2. The van der Waals surface area contributed by atoms with Crippen LogP contribution in [0.5, 0.6) is 0 Å². The average molecular weight is 397 g/mol. The number of nitrogens with zero attached hydrogens (tertiary/aromatic N) is 2. The molecule has 0 bridgehead atoms. The van der Waals surface area contributed by atoms with Crippen molar-refractivity contribution in [3.8, 4) is 0 Å². The van der Waals surface area contributed by atoms with Crippen LogP contribution in [0.4, 0.5) is 0 Å². The van der Waals surface area contributed by atoms with Gasteiger partial charge in [-0.3, -0.25) is 14.4 Å². The minimum Gasteiger partial charge on any atom is -0.343 e. The van der Waals surface area contributed by atoms with Crippen molar-refractivity contribution in [3.05, 3.63) is 35.9 Å². The first kappa shape index (κ1) is 20.1. The van der Waals surface area contributed by atoms with Gasteiger partial charge in [-0.1, -0.05) is 43.2 Å². The van der Waals surface area contributed by atoms with Crippen molar-refractivity contribution in [1.82, 2.24) is 9.80 Å². The Kier molecular flexibility index (Phi) is 6.02. The Labute approximate surface area is 173 Å². The van der Waals surface area contributed by atoms with E-state index in [9.17, 15) is 14.4 Å². The van der Waals surface area contributed by atoms with Gasteiger partial charge in [-0.15, -0.1) is 0 Å². The third-order valence-electron chi connectivity index (χ3n) is 7.30. The molecule has 4 rings (SSSR count). The smallest absolute Gasteiger partial charge is 0.223 e. The van der Waals surface area contributed by atoms with Gasteiger partial charge in [0.05, 0.1) is 0 Å². The summed E-state index contributed by atoms with van der Waals surface area (Å²) in [5.74, 6) is 0.453. The molecule has 0 unspecified atom stereocenters. The maximum absolute atomic E-state index is 12.6. The van der Waals surface area contributed by atoms with E-state index in [0.29, 0.717) is 23.9 Å². The first-order chi connectivity index (χ1) is 14.1. The van der Waals surface area contributed by atoms with Crippen LogP contribution < -0.4 is 0 Å². The van der Waals surface area contributed by atoms with E-state index in [2.05, 4.69) is 4.90 Å². The summed E-state index contributed by atoms with van der Waals surface area (Å²) < 4.78 is 0. The zero-order valence-corrected chi connectivity index (χ0v) is 17.3. The first-order valence-corrected chi connectivity index (χ1v) is 11.2. The van der Waals surface area contributed by atoms with Crippen LogP contribution in [0.2, 0.25) is 0 Å². The molecule has 5 heteroatoms. The molecule has 2 heterocycles. The Hall–Kier alpha value is -2.17. The van der Waals surface area contributed by atoms with Gasteiger partial charge in [0.15, 0.2) is 5.78 Å². The lowest BCUT2D eigenvalue weighted by Gasteiger charge is -2.49. The van der Waals surface area contributed by atoms with Gasteiger partial charge in [0.1, 0.15) is 0 Å². The Morgan fingerprint density at radius 3 is 2.34 bits per heavy atom. The summed E-state index contributed by atoms with van der Waals surface area (Å²) in [5.41, 5.74) is 0.865. The van der Waals surface area contributed by atoms with Crippen LogP contribution in [0.15, 0.2) is 30.3 Å². The number of piperidine rings is 2. The SMILES string of the molecule is O=C(CCC(=O)N1CCC2(CCC(=O)N(C3CCCC3)C2)CC1)c1ccccc1. The molecular formula is C24H32N2O3. The van der Waals surface area contributed by atoms with Crippen molar-refractivity contribution in [1.29, 1.82) is 0 Å². The number of amides is 2. The van der Waals surface area contributed by atoms with Crippen LogP contribution in [-0.4, -0.2) is 53.1 Å². The summed E-state index contributed by atoms with van der Waals surface area (Å²) in [7, 11) is 0. The third kappa shape index (κ3) is 4.54. The molecule has 0 atom stereocenters. The Bertz CT molecular complexity index is 747. The number of hydrogen-bond acceptors (Lipinski definition) is 3. The molecule has 2 aliphatic heterocycles. The van der Waals surface area contributed by atoms with Crippen LogP contribution in [0, 0.1) is 5.41 Å². The molecule has 29 heavy (non-hydrogen) atoms. The van der Waals surface area contributed by atoms with Crippen molar-refractivity contribution in [2.45, 2.75) is 70.3 Å². The van der Waals surface area contributed by atoms with E-state index in [1.807, 2.05) is 23.1 Å². The summed E-state index contributed by atoms with van der Waals surface area (Å²) in [6.07, 6.45) is 8.92. The summed E-state index contributed by atoms with van der Waals surface area (Å²) in [6.45, 7) is 2.39. The Morgan fingerprint density at radius 2 is 1.66 bits per heavy atom. The van der Waals surface area contributed by atoms with E-state index in [0.717, 1.165) is 51.7 Å². The zero-order valence-electron chi connectivity index (χ0n) is 17.3. The number of rotatable bonds is 5. The van der Waals surface area contributed by atoms with Gasteiger partial charge in [-0.05, 0) is 37.5 Å². The average Bonchev–Trinajstić information content (AvgIpc) is 3.29. The van der Waals surface area contributed by atoms with Gasteiger partial charge in [0, 0.05) is 50.5 Å². The van der Waals surface area contributed by atoms with E-state index in [1.165, 1.54) is 12.8 Å². The second-order valence-corrected chi connectivity index (χ2v) is 9.13. The minimum atomic E-state index is 0.0328. The molecule has 2 amide bonds. The lowest BCUT2D eigenvalue weighted by molar-refractivity contribution is -0.145. The molecule has 0 radical (unpaired) electrons. The van der Waals surface area contributed by atoms with E-state index in [1.54, 1.807) is 12.1 Å². The van der Waals surface area contributed by atoms with Crippen LogP contribution >= 0.6 is 0 Å². The third-order valence-corrected chi connectivity index (χ3v) is 7.30. The molecule has 0 N–H and O–H groups in total. The molecule has 2 saturated heterocycles. The molecule has 3 aliphatic rings. The quantitative estimate of drug-likeness (QED) is 0.711. The van der Waals surface area contributed by atoms with Gasteiger partial charge >= 0.3 is 0 Å². The number of benzene rings is 1. The van der Waals surface area contributed by atoms with Gasteiger partial charge in [-0.2, -0.15) is 0 Å². The van der Waals surface area contributed by atoms with Crippen molar-refractivity contribution in [3.63, 3.8) is 0 Å². The number of likely N-dealkylation sites (tertiary alicyclic amines) is 2. The predicted octanol–water partition coefficient (Wildman–Crippen LogP) is 3.82. The van der Waals surface area contributed by atoms with E-state index in [4.69, 9.17) is 0 Å². The highest BCUT2D eigenvalue weighted by Crippen LogP contribution is 2.42. The summed E-state index contributed by atoms with van der Waals surface area (Å²) in [4.78, 5) is 41.5. The van der Waals surface area contributed by atoms with Crippen molar-refractivity contribution in [2.24, 2.45) is 5.41 Å². The zero-order chi connectivity index (χ0) is 20.3. The van der Waals surface area contributed by atoms with Gasteiger partial charge in [-0.25, -0.2) is 0 Å². The number of ketones is 1. The normalized spacial score (nSPS) is 22.3. The fourth-order valence-electron chi connectivity index (χ4n) is 5.38. The summed E-state index contributed by atoms with van der Waals surface area (Å²) in [6, 6.07) is 9.64. The number of hydrogen-bond donors (Lipinski definition) is 0. The fraction of sp³-hybridized carbons (Fsp3) is 0.625. The highest BCUT2D eigenvalue weighted by molar-refractivity contribution is 5.97. The Morgan fingerprint density at radius 1 is 0.966 bits per heavy atom. The number of Topliss-reactive ketones (excluding diaryl/α,β-unsaturated/α-hetero) is 1. The van der Waals surface area contributed by atoms with Crippen molar-refractivity contribution in [2.75, 3.05) is 19.6 Å². The molecule has 1 saturated carbocycles. The topological polar surface area (TPSA) is 57.7 Å². The fourth-order valence-corrected chi connectivity index (χ4v) is 5.38. The molecule has 0 aromatic heterocycles. The number of carbonyl (C=O) groups excluding carboxylic acids is 3. The summed E-state index contributed by atoms with van der Waals surface area (Å²) >= 11 is 0. The minimum absolute atomic E-state index is 0.0328. The maximum atomic E-state index is 12.6. The maximum Gasteiger partial charge on any atom is 0.223 e. The molecular weight excluding hydrogens is 364 g/mol. The van der Waals surface area contributed by atoms with Gasteiger partial charge < -0.3 is 9.80 Å². The van der Waals surface area contributed by atoms with E-state index >= 15 is 0 Å². The van der Waals surface area contributed by atoms with Crippen LogP contribution in [-0.2, 0) is 9.59 Å². The van der Waals surface area contributed by atoms with Gasteiger partial charge in [0.25, 0.3) is 0 Å². The Balaban J connectivity index is 1.28. The highest BCUT2D eigenvalue weighted by Gasteiger charge is 2.43. The lowest BCUT2D eigenvalue weighted by Crippen LogP contribution is -2.54. The van der Waals surface area contributed by atoms with Crippen molar-refractivity contribution >= 4 is 17.6 Å². The van der Waals surface area contributed by atoms with Crippen molar-refractivity contribution < 1.29 is 14.4 Å². The van der Waals surface area contributed by atoms with E-state index < -0.39 is 0 Å². The molecule has 1 aliphatic carbocycles. The van der Waals surface area contributed by atoms with Crippen LogP contribution in [0.1, 0.15) is 74.6 Å². The highest BCUT2D eigenvalue weighted by atomic mass is 16.2. The molecule has 1 aromatic carbocycles. The van der Waals surface area contributed by atoms with Gasteiger partial charge in [0.2, 0.25) is 11.8 Å². The lowest BCUT2D eigenvalue weighted by atomic mass is 9.72. The predicted molar refractivity (Wildman–Crippen MR) is 111 cm³/mol.